The van der Waals surface area contributed by atoms with Gasteiger partial charge >= 0.3 is 12.2 Å². The lowest BCUT2D eigenvalue weighted by atomic mass is 10.2. The lowest BCUT2D eigenvalue weighted by Gasteiger charge is -2.36. The number of cyclic esters (lactones) is 1. The van der Waals surface area contributed by atoms with E-state index in [1.807, 2.05) is 0 Å². The fourth-order valence-electron chi connectivity index (χ4n) is 4.73. The lowest BCUT2D eigenvalue weighted by Crippen LogP contribution is -2.51. The molecule has 2 aliphatic heterocycles. The molecule has 0 unspecified atom stereocenters. The van der Waals surface area contributed by atoms with E-state index >= 15 is 8.78 Å². The zero-order valence-electron chi connectivity index (χ0n) is 22.3. The van der Waals surface area contributed by atoms with Gasteiger partial charge in [-0.25, -0.2) is 27.7 Å². The number of benzene rings is 1. The number of methoxy groups -OCH3 is 1. The predicted molar refractivity (Wildman–Crippen MR) is 141 cm³/mol. The molecular weight excluding hydrogens is 563 g/mol. The number of carbonyl (C=O) groups is 4. The van der Waals surface area contributed by atoms with Gasteiger partial charge in [0.15, 0.2) is 11.6 Å². The van der Waals surface area contributed by atoms with Crippen LogP contribution in [0.5, 0.6) is 0 Å². The average Bonchev–Trinajstić information content (AvgIpc) is 3.57. The van der Waals surface area contributed by atoms with E-state index in [1.54, 1.807) is 0 Å². The Balaban J connectivity index is 1.14. The van der Waals surface area contributed by atoms with E-state index in [2.05, 4.69) is 20.4 Å². The third-order valence-electron chi connectivity index (χ3n) is 6.84. The van der Waals surface area contributed by atoms with Crippen LogP contribution in [0.1, 0.15) is 10.5 Å². The third-order valence-corrected chi connectivity index (χ3v) is 6.84. The summed E-state index contributed by atoms with van der Waals surface area (Å²) in [6, 6.07) is 4.68. The molecule has 2 fully saturated rings. The van der Waals surface area contributed by atoms with E-state index in [9.17, 15) is 23.6 Å². The van der Waals surface area contributed by atoms with Crippen molar-refractivity contribution in [3.05, 3.63) is 59.8 Å². The number of piperazine rings is 1. The molecule has 2 saturated heterocycles. The predicted octanol–water partition coefficient (Wildman–Crippen LogP) is 1.51. The van der Waals surface area contributed by atoms with Gasteiger partial charge in [0.05, 0.1) is 32.4 Å². The van der Waals surface area contributed by atoms with Crippen molar-refractivity contribution in [2.24, 2.45) is 0 Å². The van der Waals surface area contributed by atoms with Crippen LogP contribution in [-0.2, 0) is 14.3 Å². The van der Waals surface area contributed by atoms with Crippen LogP contribution in [0.4, 0.5) is 34.1 Å². The minimum absolute atomic E-state index is 0.0168. The van der Waals surface area contributed by atoms with E-state index in [4.69, 9.17) is 4.74 Å². The average molecular weight is 590 g/mol. The maximum atomic E-state index is 15.1. The number of nitrogens with zero attached hydrogens (tertiary/aromatic N) is 5. The largest absolute Gasteiger partial charge is 0.453 e. The number of aromatic nitrogens is 2. The number of nitrogens with one attached hydrogen (secondary N) is 2. The molecular formula is C26H26F3N7O6. The fourth-order valence-corrected chi connectivity index (χ4v) is 4.73. The highest BCUT2D eigenvalue weighted by Gasteiger charge is 2.34. The number of pyridine rings is 1. The molecule has 42 heavy (non-hydrogen) atoms. The van der Waals surface area contributed by atoms with Crippen molar-refractivity contribution in [3.63, 3.8) is 0 Å². The summed E-state index contributed by atoms with van der Waals surface area (Å²) in [4.78, 5) is 56.7. The first-order chi connectivity index (χ1) is 20.1. The number of imidazole rings is 1. The van der Waals surface area contributed by atoms with Crippen molar-refractivity contribution in [2.45, 2.75) is 6.10 Å². The van der Waals surface area contributed by atoms with Crippen molar-refractivity contribution in [3.8, 4) is 0 Å². The van der Waals surface area contributed by atoms with E-state index in [0.29, 0.717) is 5.65 Å². The van der Waals surface area contributed by atoms with E-state index in [0.717, 1.165) is 17.0 Å². The Morgan fingerprint density at radius 3 is 2.45 bits per heavy atom. The van der Waals surface area contributed by atoms with Crippen molar-refractivity contribution >= 4 is 41.0 Å². The molecule has 2 N–H and O–H groups in total. The number of hydrogen-bond donors (Lipinski definition) is 2. The zero-order valence-corrected chi connectivity index (χ0v) is 22.3. The maximum Gasteiger partial charge on any atom is 0.414 e. The van der Waals surface area contributed by atoms with Crippen LogP contribution in [0.2, 0.25) is 0 Å². The zero-order chi connectivity index (χ0) is 30.0. The number of rotatable bonds is 7. The van der Waals surface area contributed by atoms with Crippen LogP contribution in [0.25, 0.3) is 5.65 Å². The first-order valence-corrected chi connectivity index (χ1v) is 12.9. The molecule has 0 radical (unpaired) electrons. The third kappa shape index (κ3) is 6.01. The van der Waals surface area contributed by atoms with Gasteiger partial charge in [0.25, 0.3) is 5.91 Å². The fraction of sp³-hybridized carbons (Fsp3) is 0.346. The Labute approximate surface area is 236 Å². The topological polar surface area (TPSA) is 138 Å². The molecule has 0 saturated carbocycles. The van der Waals surface area contributed by atoms with Crippen LogP contribution < -0.4 is 20.4 Å². The summed E-state index contributed by atoms with van der Waals surface area (Å²) in [7, 11) is 1.18. The van der Waals surface area contributed by atoms with Crippen LogP contribution in [0.15, 0.2) is 36.7 Å². The summed E-state index contributed by atoms with van der Waals surface area (Å²) in [5.74, 6) is -3.28. The summed E-state index contributed by atoms with van der Waals surface area (Å²) < 4.78 is 54.5. The first kappa shape index (κ1) is 28.5. The van der Waals surface area contributed by atoms with Crippen molar-refractivity contribution in [2.75, 3.05) is 62.7 Å². The Hall–Kier alpha value is -5.02. The molecule has 0 aliphatic carbocycles. The number of carbonyl (C=O) groups excluding carboxylic acids is 4. The second-order valence-corrected chi connectivity index (χ2v) is 9.54. The van der Waals surface area contributed by atoms with Crippen molar-refractivity contribution in [1.29, 1.82) is 0 Å². The number of ether oxygens (including phenoxy) is 2. The van der Waals surface area contributed by atoms with Crippen molar-refractivity contribution < 1.29 is 41.8 Å². The Morgan fingerprint density at radius 1 is 1.05 bits per heavy atom. The second kappa shape index (κ2) is 11.8. The molecule has 0 bridgehead atoms. The second-order valence-electron chi connectivity index (χ2n) is 9.54. The SMILES string of the molecule is COC(=O)NC[C@H]1CN(c2cc(F)c(N3CCN(C(=O)CNC(=O)c4cn5cc(F)ccc5n4)CC3)c(F)c2)C(=O)O1. The van der Waals surface area contributed by atoms with Crippen LogP contribution in [-0.4, -0.2) is 97.3 Å². The summed E-state index contributed by atoms with van der Waals surface area (Å²) in [5.41, 5.74) is 0.0516. The lowest BCUT2D eigenvalue weighted by molar-refractivity contribution is -0.130. The smallest absolute Gasteiger partial charge is 0.414 e. The number of alkyl carbamates (subject to hydrolysis) is 1. The molecule has 1 aromatic carbocycles. The van der Waals surface area contributed by atoms with Crippen molar-refractivity contribution in [1.82, 2.24) is 24.9 Å². The van der Waals surface area contributed by atoms with Gasteiger partial charge in [-0.2, -0.15) is 0 Å². The highest BCUT2D eigenvalue weighted by Crippen LogP contribution is 2.31. The number of anilines is 2. The summed E-state index contributed by atoms with van der Waals surface area (Å²) in [6.45, 7) is 0.156. The van der Waals surface area contributed by atoms with Gasteiger partial charge in [-0.3, -0.25) is 14.5 Å². The molecule has 2 aliphatic rings. The van der Waals surface area contributed by atoms with Crippen LogP contribution >= 0.6 is 0 Å². The summed E-state index contributed by atoms with van der Waals surface area (Å²) >= 11 is 0. The quantitative estimate of drug-likeness (QED) is 0.423. The first-order valence-electron chi connectivity index (χ1n) is 12.9. The van der Waals surface area contributed by atoms with E-state index in [-0.39, 0.29) is 62.9 Å². The Bertz CT molecular complexity index is 1520. The molecule has 0 spiro atoms. The Morgan fingerprint density at radius 2 is 1.76 bits per heavy atom. The van der Waals surface area contributed by atoms with Crippen LogP contribution in [0, 0.1) is 17.5 Å². The minimum atomic E-state index is -0.895. The van der Waals surface area contributed by atoms with E-state index < -0.39 is 47.6 Å². The molecule has 16 heteroatoms. The molecule has 13 nitrogen and oxygen atoms in total. The van der Waals surface area contributed by atoms with Gasteiger partial charge in [-0.1, -0.05) is 0 Å². The highest BCUT2D eigenvalue weighted by molar-refractivity contribution is 5.95. The molecule has 2 aromatic heterocycles. The molecule has 4 heterocycles. The van der Waals surface area contributed by atoms with Gasteiger partial charge in [-0.15, -0.1) is 0 Å². The number of amides is 4. The molecule has 4 amide bonds. The summed E-state index contributed by atoms with van der Waals surface area (Å²) in [6.07, 6.45) is 0.263. The highest BCUT2D eigenvalue weighted by atomic mass is 19.1. The van der Waals surface area contributed by atoms with Gasteiger partial charge in [0.2, 0.25) is 5.91 Å². The van der Waals surface area contributed by atoms with Gasteiger partial charge in [-0.05, 0) is 12.1 Å². The van der Waals surface area contributed by atoms with Crippen LogP contribution in [0.3, 0.4) is 0 Å². The standard InChI is InChI=1S/C26H26F3N7O6/c1-41-25(39)31-10-17-13-36(26(40)42-17)16-8-18(28)23(19(29)9-16)34-6-4-33(5-7-34)22(37)11-30-24(38)20-14-35-12-15(27)2-3-21(35)32-20/h2-3,8-9,12,14,17H,4-7,10-11,13H2,1H3,(H,30,38)(H,31,39)/t17-/m0/s1. The van der Waals surface area contributed by atoms with E-state index in [1.165, 1.54) is 45.8 Å². The monoisotopic (exact) mass is 589 g/mol. The van der Waals surface area contributed by atoms with Gasteiger partial charge in [0, 0.05) is 50.7 Å². The maximum absolute atomic E-state index is 15.1. The Kier molecular flexibility index (Phi) is 8.04. The number of fused-ring (bicyclic) bond motifs is 1. The number of halogens is 3. The number of hydrogen-bond acceptors (Lipinski definition) is 8. The van der Waals surface area contributed by atoms with Gasteiger partial charge in [0.1, 0.15) is 28.9 Å². The van der Waals surface area contributed by atoms with Gasteiger partial charge < -0.3 is 34.3 Å². The normalized spacial score (nSPS) is 16.9. The summed E-state index contributed by atoms with van der Waals surface area (Å²) in [5, 5.41) is 4.88. The molecule has 1 atom stereocenters. The molecule has 3 aromatic rings. The minimum Gasteiger partial charge on any atom is -0.453 e. The molecule has 5 rings (SSSR count). The molecule has 222 valence electrons.